The van der Waals surface area contributed by atoms with E-state index in [9.17, 15) is 0 Å². The van der Waals surface area contributed by atoms with Crippen molar-refractivity contribution in [2.45, 2.75) is 102 Å². The van der Waals surface area contributed by atoms with E-state index in [0.29, 0.717) is 0 Å². The third-order valence-corrected chi connectivity index (χ3v) is 11.9. The van der Waals surface area contributed by atoms with Crippen LogP contribution in [0.5, 0.6) is 0 Å². The predicted octanol–water partition coefficient (Wildman–Crippen LogP) is 7.65. The Kier molecular flexibility index (Phi) is 5.38. The first-order chi connectivity index (χ1) is 11.1. The molecule has 136 valence electrons. The van der Waals surface area contributed by atoms with Gasteiger partial charge in [-0.25, -0.2) is 0 Å². The summed E-state index contributed by atoms with van der Waals surface area (Å²) in [4.78, 5) is 0. The number of hydrogen-bond acceptors (Lipinski definition) is 0. The maximum atomic E-state index is 2.82. The van der Waals surface area contributed by atoms with E-state index >= 15 is 0 Å². The summed E-state index contributed by atoms with van der Waals surface area (Å²) in [5, 5.41) is 0. The van der Waals surface area contributed by atoms with Gasteiger partial charge in [0.2, 0.25) is 0 Å². The van der Waals surface area contributed by atoms with E-state index in [0.717, 1.165) is 22.9 Å². The molecular weight excluding hydrogens is 320 g/mol. The van der Waals surface area contributed by atoms with Crippen LogP contribution in [0.3, 0.4) is 0 Å². The molecular formula is C22H40Si2. The van der Waals surface area contributed by atoms with E-state index < -0.39 is 16.1 Å². The fourth-order valence-corrected chi connectivity index (χ4v) is 9.62. The molecule has 24 heavy (non-hydrogen) atoms. The van der Waals surface area contributed by atoms with E-state index in [1.54, 1.807) is 0 Å². The van der Waals surface area contributed by atoms with Crippen molar-refractivity contribution in [1.29, 1.82) is 0 Å². The quantitative estimate of drug-likeness (QED) is 0.350. The lowest BCUT2D eigenvalue weighted by Crippen LogP contribution is -2.35. The highest BCUT2D eigenvalue weighted by Gasteiger charge is 2.38. The lowest BCUT2D eigenvalue weighted by molar-refractivity contribution is 0.251. The molecule has 0 aromatic heterocycles. The lowest BCUT2D eigenvalue weighted by Gasteiger charge is -2.41. The van der Waals surface area contributed by atoms with Crippen LogP contribution in [-0.4, -0.2) is 16.1 Å². The van der Waals surface area contributed by atoms with Crippen molar-refractivity contribution in [3.05, 3.63) is 23.3 Å². The molecule has 4 bridgehead atoms. The molecule has 1 fully saturated rings. The summed E-state index contributed by atoms with van der Waals surface area (Å²) in [6, 6.07) is 0. The second kappa shape index (κ2) is 6.91. The van der Waals surface area contributed by atoms with Gasteiger partial charge in [-0.15, -0.1) is 0 Å². The second-order valence-electron chi connectivity index (χ2n) is 11.1. The molecule has 0 aromatic carbocycles. The van der Waals surface area contributed by atoms with Crippen molar-refractivity contribution >= 4 is 16.1 Å². The van der Waals surface area contributed by atoms with Gasteiger partial charge in [0.05, 0.1) is 16.1 Å². The van der Waals surface area contributed by atoms with Crippen LogP contribution in [-0.2, 0) is 0 Å². The SMILES string of the molecule is C[Si](C)(C)C1C=C2CCC3CCC(CCC1=CC2[Si](C)(C)C)CC3. The zero-order chi connectivity index (χ0) is 17.5. The molecule has 6 rings (SSSR count). The molecule has 0 amide bonds. The molecule has 0 saturated heterocycles. The Morgan fingerprint density at radius 1 is 0.583 bits per heavy atom. The van der Waals surface area contributed by atoms with Gasteiger partial charge in [0.15, 0.2) is 0 Å². The Morgan fingerprint density at radius 2 is 0.917 bits per heavy atom. The summed E-state index contributed by atoms with van der Waals surface area (Å²) >= 11 is 0. The van der Waals surface area contributed by atoms with Crippen molar-refractivity contribution in [2.75, 3.05) is 0 Å². The first-order valence-corrected chi connectivity index (χ1v) is 17.7. The molecule has 0 aliphatic heterocycles. The summed E-state index contributed by atoms with van der Waals surface area (Å²) in [5.41, 5.74) is 5.34. The molecule has 0 spiro atoms. The van der Waals surface area contributed by atoms with Gasteiger partial charge in [-0.3, -0.25) is 0 Å². The minimum atomic E-state index is -1.17. The van der Waals surface area contributed by atoms with Crippen molar-refractivity contribution in [3.63, 3.8) is 0 Å². The van der Waals surface area contributed by atoms with Crippen molar-refractivity contribution in [1.82, 2.24) is 0 Å². The second-order valence-corrected chi connectivity index (χ2v) is 21.8. The first-order valence-electron chi connectivity index (χ1n) is 10.6. The Labute approximate surface area is 153 Å². The lowest BCUT2D eigenvalue weighted by atomic mass is 9.75. The highest BCUT2D eigenvalue weighted by Crippen LogP contribution is 2.49. The first kappa shape index (κ1) is 18.7. The van der Waals surface area contributed by atoms with E-state index in [1.165, 1.54) is 51.4 Å². The average molecular weight is 361 g/mol. The molecule has 1 saturated carbocycles. The van der Waals surface area contributed by atoms with Crippen LogP contribution >= 0.6 is 0 Å². The highest BCUT2D eigenvalue weighted by molar-refractivity contribution is 6.80. The zero-order valence-electron chi connectivity index (χ0n) is 17.1. The predicted molar refractivity (Wildman–Crippen MR) is 114 cm³/mol. The third kappa shape index (κ3) is 4.18. The van der Waals surface area contributed by atoms with Gasteiger partial charge in [0, 0.05) is 0 Å². The normalized spacial score (nSPS) is 35.1. The summed E-state index contributed by atoms with van der Waals surface area (Å²) in [6.45, 7) is 15.5. The van der Waals surface area contributed by atoms with Crippen LogP contribution in [0.4, 0.5) is 0 Å². The minimum Gasteiger partial charge on any atom is -0.0806 e. The van der Waals surface area contributed by atoms with Gasteiger partial charge in [0.25, 0.3) is 0 Å². The molecule has 6 aliphatic rings. The van der Waals surface area contributed by atoms with Crippen molar-refractivity contribution in [3.8, 4) is 0 Å². The van der Waals surface area contributed by atoms with E-state index in [-0.39, 0.29) is 0 Å². The molecule has 2 heteroatoms. The molecule has 2 atom stereocenters. The highest BCUT2D eigenvalue weighted by atomic mass is 28.3. The average Bonchev–Trinajstić information content (AvgIpc) is 2.47. The maximum absolute atomic E-state index is 2.82. The molecule has 0 heterocycles. The van der Waals surface area contributed by atoms with Gasteiger partial charge in [-0.05, 0) is 48.6 Å². The van der Waals surface area contributed by atoms with Gasteiger partial charge >= 0.3 is 0 Å². The molecule has 0 nitrogen and oxygen atoms in total. The number of allylic oxidation sites excluding steroid dienone is 4. The summed E-state index contributed by atoms with van der Waals surface area (Å²) in [7, 11) is -2.34. The van der Waals surface area contributed by atoms with Crippen LogP contribution in [0, 0.1) is 11.8 Å². The van der Waals surface area contributed by atoms with Crippen LogP contribution in [0.2, 0.25) is 50.4 Å². The van der Waals surface area contributed by atoms with E-state index in [4.69, 9.17) is 0 Å². The van der Waals surface area contributed by atoms with E-state index in [2.05, 4.69) is 51.4 Å². The minimum absolute atomic E-state index is 0.818. The Bertz CT molecular complexity index is 459. The summed E-state index contributed by atoms with van der Waals surface area (Å²) < 4.78 is 0. The summed E-state index contributed by atoms with van der Waals surface area (Å²) in [6.07, 6.45) is 17.5. The Morgan fingerprint density at radius 3 is 1.21 bits per heavy atom. The Balaban J connectivity index is 1.97. The molecule has 0 aromatic rings. The fourth-order valence-electron chi connectivity index (χ4n) is 5.49. The van der Waals surface area contributed by atoms with Crippen molar-refractivity contribution < 1.29 is 0 Å². The van der Waals surface area contributed by atoms with Crippen LogP contribution in [0.15, 0.2) is 23.3 Å². The number of hydrogen-bond donors (Lipinski definition) is 0. The van der Waals surface area contributed by atoms with Crippen LogP contribution < -0.4 is 0 Å². The maximum Gasteiger partial charge on any atom is 0.0561 e. The van der Waals surface area contributed by atoms with Gasteiger partial charge in [-0.1, -0.05) is 88.3 Å². The Hall–Kier alpha value is -0.0862. The van der Waals surface area contributed by atoms with Gasteiger partial charge in [-0.2, -0.15) is 0 Å². The standard InChI is InChI=1S/C22H40Si2/c1-23(2,3)21-15-20-14-12-18-9-7-17(8-10-18)11-13-19(21)16-22(20)24(4,5)6/h15-18,21-22H,7-14H2,1-6H3. The van der Waals surface area contributed by atoms with Gasteiger partial charge < -0.3 is 0 Å². The van der Waals surface area contributed by atoms with Crippen LogP contribution in [0.1, 0.15) is 51.4 Å². The third-order valence-electron chi connectivity index (χ3n) is 7.08. The molecule has 0 N–H and O–H groups in total. The monoisotopic (exact) mass is 360 g/mol. The van der Waals surface area contributed by atoms with Gasteiger partial charge in [0.1, 0.15) is 0 Å². The smallest absolute Gasteiger partial charge is 0.0561 e. The fraction of sp³-hybridized carbons (Fsp3) is 0.818. The molecule has 0 radical (unpaired) electrons. The zero-order valence-corrected chi connectivity index (χ0v) is 19.1. The van der Waals surface area contributed by atoms with E-state index in [1.807, 2.05) is 11.1 Å². The summed E-state index contributed by atoms with van der Waals surface area (Å²) in [5.74, 6) is 2.05. The molecule has 6 aliphatic carbocycles. The largest absolute Gasteiger partial charge is 0.0806 e. The number of rotatable bonds is 2. The van der Waals surface area contributed by atoms with Crippen LogP contribution in [0.25, 0.3) is 0 Å². The van der Waals surface area contributed by atoms with Crippen molar-refractivity contribution in [2.24, 2.45) is 11.8 Å². The molecule has 2 unspecified atom stereocenters. The topological polar surface area (TPSA) is 0 Å².